The largest absolute Gasteiger partial charge is 0.493 e. The zero-order valence-electron chi connectivity index (χ0n) is 19.7. The highest BCUT2D eigenvalue weighted by molar-refractivity contribution is 5.95. The van der Waals surface area contributed by atoms with E-state index in [2.05, 4.69) is 19.2 Å². The van der Waals surface area contributed by atoms with Crippen molar-refractivity contribution in [2.24, 2.45) is 5.92 Å². The zero-order chi connectivity index (χ0) is 23.8. The average molecular weight is 456 g/mol. The van der Waals surface area contributed by atoms with Gasteiger partial charge in [-0.15, -0.1) is 0 Å². The third-order valence-corrected chi connectivity index (χ3v) is 5.38. The molecule has 0 radical (unpaired) electrons. The van der Waals surface area contributed by atoms with Crippen molar-refractivity contribution in [2.75, 3.05) is 52.3 Å². The molecule has 1 heterocycles. The summed E-state index contributed by atoms with van der Waals surface area (Å²) in [6.45, 7) is 6.43. The molecule has 1 saturated heterocycles. The van der Waals surface area contributed by atoms with Crippen molar-refractivity contribution >= 4 is 17.6 Å². The lowest BCUT2D eigenvalue weighted by Crippen LogP contribution is -2.52. The molecule has 33 heavy (non-hydrogen) atoms. The number of amides is 3. The lowest BCUT2D eigenvalue weighted by atomic mass is 10.1. The van der Waals surface area contributed by atoms with Crippen LogP contribution in [0.25, 0.3) is 0 Å². The van der Waals surface area contributed by atoms with Gasteiger partial charge in [-0.3, -0.25) is 4.79 Å². The van der Waals surface area contributed by atoms with Crippen LogP contribution >= 0.6 is 0 Å². The standard InChI is InChI=1S/C25H33N3O5/c1-18(2)15-28(24(29)19-10-11-22(31-3)23(14-19)32-4)17-21-16-27(12-13-33-21)25(30)26-20-8-6-5-7-9-20/h5-11,14,18,21H,12-13,15-17H2,1-4H3,(H,26,30). The maximum absolute atomic E-state index is 13.4. The van der Waals surface area contributed by atoms with Gasteiger partial charge in [-0.1, -0.05) is 32.0 Å². The number of nitrogens with zero attached hydrogens (tertiary/aromatic N) is 2. The molecular weight excluding hydrogens is 422 g/mol. The Morgan fingerprint density at radius 1 is 1.12 bits per heavy atom. The second-order valence-electron chi connectivity index (χ2n) is 8.41. The zero-order valence-corrected chi connectivity index (χ0v) is 19.7. The van der Waals surface area contributed by atoms with Gasteiger partial charge < -0.3 is 29.3 Å². The molecule has 0 saturated carbocycles. The molecule has 0 bridgehead atoms. The molecular formula is C25H33N3O5. The first-order valence-corrected chi connectivity index (χ1v) is 11.1. The maximum atomic E-state index is 13.4. The SMILES string of the molecule is COc1ccc(C(=O)N(CC(C)C)CC2CN(C(=O)Nc3ccccc3)CCO2)cc1OC. The fourth-order valence-corrected chi connectivity index (χ4v) is 3.82. The number of carbonyl (C=O) groups excluding carboxylic acids is 2. The highest BCUT2D eigenvalue weighted by Crippen LogP contribution is 2.28. The lowest BCUT2D eigenvalue weighted by molar-refractivity contribution is -0.0272. The maximum Gasteiger partial charge on any atom is 0.322 e. The van der Waals surface area contributed by atoms with Gasteiger partial charge in [-0.25, -0.2) is 4.79 Å². The van der Waals surface area contributed by atoms with Gasteiger partial charge in [0.2, 0.25) is 0 Å². The van der Waals surface area contributed by atoms with Gasteiger partial charge in [0.15, 0.2) is 11.5 Å². The average Bonchev–Trinajstić information content (AvgIpc) is 2.83. The number of methoxy groups -OCH3 is 2. The predicted octanol–water partition coefficient (Wildman–Crippen LogP) is 3.73. The van der Waals surface area contributed by atoms with Crippen LogP contribution in [0.4, 0.5) is 10.5 Å². The van der Waals surface area contributed by atoms with Crippen LogP contribution in [0.15, 0.2) is 48.5 Å². The summed E-state index contributed by atoms with van der Waals surface area (Å²) in [5.74, 6) is 1.24. The number of nitrogens with one attached hydrogen (secondary N) is 1. The Hall–Kier alpha value is -3.26. The van der Waals surface area contributed by atoms with E-state index in [0.29, 0.717) is 49.8 Å². The molecule has 0 spiro atoms. The van der Waals surface area contributed by atoms with E-state index in [1.165, 1.54) is 0 Å². The first kappa shape index (κ1) is 24.4. The van der Waals surface area contributed by atoms with Crippen LogP contribution in [0, 0.1) is 5.92 Å². The minimum absolute atomic E-state index is 0.112. The second-order valence-corrected chi connectivity index (χ2v) is 8.41. The summed E-state index contributed by atoms with van der Waals surface area (Å²) in [5, 5.41) is 2.91. The molecule has 3 amide bonds. The normalized spacial score (nSPS) is 15.8. The lowest BCUT2D eigenvalue weighted by Gasteiger charge is -2.36. The van der Waals surface area contributed by atoms with E-state index in [1.54, 1.807) is 42.2 Å². The highest BCUT2D eigenvalue weighted by atomic mass is 16.5. The molecule has 8 nitrogen and oxygen atoms in total. The van der Waals surface area contributed by atoms with E-state index in [1.807, 2.05) is 30.3 Å². The van der Waals surface area contributed by atoms with Gasteiger partial charge in [-0.2, -0.15) is 0 Å². The van der Waals surface area contributed by atoms with Crippen LogP contribution in [0.1, 0.15) is 24.2 Å². The minimum Gasteiger partial charge on any atom is -0.493 e. The van der Waals surface area contributed by atoms with Crippen LogP contribution in [-0.4, -0.2) is 74.8 Å². The predicted molar refractivity (Wildman–Crippen MR) is 127 cm³/mol. The van der Waals surface area contributed by atoms with Crippen molar-refractivity contribution in [1.29, 1.82) is 0 Å². The van der Waals surface area contributed by atoms with Crippen LogP contribution in [0.3, 0.4) is 0 Å². The van der Waals surface area contributed by atoms with Crippen molar-refractivity contribution in [3.8, 4) is 11.5 Å². The number of benzene rings is 2. The molecule has 1 aliphatic rings. The Kier molecular flexibility index (Phi) is 8.54. The Morgan fingerprint density at radius 3 is 2.52 bits per heavy atom. The van der Waals surface area contributed by atoms with Gasteiger partial charge >= 0.3 is 6.03 Å². The summed E-state index contributed by atoms with van der Waals surface area (Å²) in [6, 6.07) is 14.3. The van der Waals surface area contributed by atoms with E-state index >= 15 is 0 Å². The highest BCUT2D eigenvalue weighted by Gasteiger charge is 2.28. The molecule has 1 atom stereocenters. The first-order valence-electron chi connectivity index (χ1n) is 11.1. The molecule has 1 aliphatic heterocycles. The minimum atomic E-state index is -0.275. The molecule has 0 aromatic heterocycles. The van der Waals surface area contributed by atoms with Crippen LogP contribution < -0.4 is 14.8 Å². The van der Waals surface area contributed by atoms with Crippen molar-refractivity contribution in [3.63, 3.8) is 0 Å². The number of para-hydroxylation sites is 1. The van der Waals surface area contributed by atoms with Crippen molar-refractivity contribution in [2.45, 2.75) is 20.0 Å². The van der Waals surface area contributed by atoms with Crippen LogP contribution in [0.5, 0.6) is 11.5 Å². The molecule has 1 N–H and O–H groups in total. The van der Waals surface area contributed by atoms with Crippen LogP contribution in [0.2, 0.25) is 0 Å². The number of anilines is 1. The van der Waals surface area contributed by atoms with Crippen molar-refractivity contribution in [1.82, 2.24) is 9.80 Å². The third-order valence-electron chi connectivity index (χ3n) is 5.38. The number of urea groups is 1. The summed E-state index contributed by atoms with van der Waals surface area (Å²) in [4.78, 5) is 29.6. The fourth-order valence-electron chi connectivity index (χ4n) is 3.82. The van der Waals surface area contributed by atoms with Gasteiger partial charge in [-0.05, 0) is 36.2 Å². The Balaban J connectivity index is 1.69. The smallest absolute Gasteiger partial charge is 0.322 e. The number of carbonyl (C=O) groups is 2. The first-order chi connectivity index (χ1) is 15.9. The molecule has 1 unspecified atom stereocenters. The van der Waals surface area contributed by atoms with Crippen LogP contribution in [-0.2, 0) is 4.74 Å². The van der Waals surface area contributed by atoms with E-state index < -0.39 is 0 Å². The molecule has 0 aliphatic carbocycles. The molecule has 2 aromatic rings. The quantitative estimate of drug-likeness (QED) is 0.656. The molecule has 8 heteroatoms. The fraction of sp³-hybridized carbons (Fsp3) is 0.440. The third kappa shape index (κ3) is 6.61. The van der Waals surface area contributed by atoms with Crippen molar-refractivity contribution in [3.05, 3.63) is 54.1 Å². The molecule has 2 aromatic carbocycles. The van der Waals surface area contributed by atoms with Gasteiger partial charge in [0.05, 0.1) is 33.5 Å². The molecule has 1 fully saturated rings. The monoisotopic (exact) mass is 455 g/mol. The Bertz CT molecular complexity index is 935. The van der Waals surface area contributed by atoms with E-state index in [9.17, 15) is 9.59 Å². The Labute approximate surface area is 195 Å². The number of morpholine rings is 1. The van der Waals surface area contributed by atoms with Gasteiger partial charge in [0.1, 0.15) is 0 Å². The van der Waals surface area contributed by atoms with Gasteiger partial charge in [0.25, 0.3) is 5.91 Å². The molecule has 3 rings (SSSR count). The number of hydrogen-bond acceptors (Lipinski definition) is 5. The molecule has 178 valence electrons. The summed E-state index contributed by atoms with van der Waals surface area (Å²) >= 11 is 0. The summed E-state index contributed by atoms with van der Waals surface area (Å²) in [7, 11) is 3.10. The number of hydrogen-bond donors (Lipinski definition) is 1. The summed E-state index contributed by atoms with van der Waals surface area (Å²) in [5.41, 5.74) is 1.26. The summed E-state index contributed by atoms with van der Waals surface area (Å²) < 4.78 is 16.6. The van der Waals surface area contributed by atoms with Gasteiger partial charge in [0, 0.05) is 30.9 Å². The number of rotatable bonds is 8. The Morgan fingerprint density at radius 2 is 1.85 bits per heavy atom. The van der Waals surface area contributed by atoms with Crippen molar-refractivity contribution < 1.29 is 23.8 Å². The van der Waals surface area contributed by atoms with E-state index in [-0.39, 0.29) is 24.0 Å². The summed E-state index contributed by atoms with van der Waals surface area (Å²) in [6.07, 6.45) is -0.275. The number of ether oxygens (including phenoxy) is 3. The second kappa shape index (κ2) is 11.6. The topological polar surface area (TPSA) is 80.3 Å². The van der Waals surface area contributed by atoms with E-state index in [0.717, 1.165) is 5.69 Å². The van der Waals surface area contributed by atoms with E-state index in [4.69, 9.17) is 14.2 Å².